The molecule has 1 atom stereocenters. The summed E-state index contributed by atoms with van der Waals surface area (Å²) in [6.07, 6.45) is -0.487. The van der Waals surface area contributed by atoms with Gasteiger partial charge in [-0.1, -0.05) is 54.2 Å². The maximum atomic E-state index is 10.7. The van der Waals surface area contributed by atoms with E-state index in [0.29, 0.717) is 13.1 Å². The molecule has 0 saturated heterocycles. The number of nitrogens with one attached hydrogen (secondary N) is 1. The van der Waals surface area contributed by atoms with Gasteiger partial charge in [-0.05, 0) is 42.8 Å². The molecule has 1 aliphatic rings. The van der Waals surface area contributed by atoms with Gasteiger partial charge in [-0.25, -0.2) is 0 Å². The molecule has 2 N–H and O–H groups in total. The molecule has 1 unspecified atom stereocenters. The van der Waals surface area contributed by atoms with Crippen molar-refractivity contribution in [3.63, 3.8) is 0 Å². The van der Waals surface area contributed by atoms with E-state index in [1.165, 1.54) is 15.4 Å². The molecule has 4 rings (SSSR count). The highest BCUT2D eigenvalue weighted by Gasteiger charge is 2.24. The Labute approximate surface area is 158 Å². The van der Waals surface area contributed by atoms with Crippen molar-refractivity contribution < 1.29 is 5.11 Å². The maximum Gasteiger partial charge on any atom is 0.0891 e. The normalized spacial score (nSPS) is 13.7. The lowest BCUT2D eigenvalue weighted by atomic mass is 10.1. The van der Waals surface area contributed by atoms with Gasteiger partial charge in [0.1, 0.15) is 0 Å². The molecule has 0 fully saturated rings. The van der Waals surface area contributed by atoms with Crippen molar-refractivity contribution in [2.24, 2.45) is 0 Å². The monoisotopic (exact) mass is 362 g/mol. The molecule has 0 radical (unpaired) electrons. The van der Waals surface area contributed by atoms with E-state index in [0.717, 1.165) is 17.1 Å². The Morgan fingerprint density at radius 3 is 2.12 bits per heavy atom. The summed E-state index contributed by atoms with van der Waals surface area (Å²) < 4.78 is 0. The summed E-state index contributed by atoms with van der Waals surface area (Å²) in [5.74, 6) is 0. The van der Waals surface area contributed by atoms with E-state index in [1.54, 1.807) is 11.8 Å². The molecule has 0 amide bonds. The molecule has 4 heteroatoms. The van der Waals surface area contributed by atoms with Crippen LogP contribution in [-0.4, -0.2) is 24.3 Å². The maximum absolute atomic E-state index is 10.7. The van der Waals surface area contributed by atoms with Gasteiger partial charge in [-0.3, -0.25) is 0 Å². The van der Waals surface area contributed by atoms with Crippen LogP contribution in [0.4, 0.5) is 17.1 Å². The summed E-state index contributed by atoms with van der Waals surface area (Å²) in [5.41, 5.74) is 4.57. The van der Waals surface area contributed by atoms with Crippen LogP contribution in [0.1, 0.15) is 5.56 Å². The second-order valence-corrected chi connectivity index (χ2v) is 7.58. The largest absolute Gasteiger partial charge is 0.389 e. The van der Waals surface area contributed by atoms with Crippen molar-refractivity contribution in [2.45, 2.75) is 22.8 Å². The summed E-state index contributed by atoms with van der Waals surface area (Å²) in [4.78, 5) is 4.68. The second-order valence-electron chi connectivity index (χ2n) is 6.50. The third kappa shape index (κ3) is 3.43. The zero-order valence-electron chi connectivity index (χ0n) is 14.7. The Morgan fingerprint density at radius 1 is 0.885 bits per heavy atom. The molecule has 0 bridgehead atoms. The highest BCUT2D eigenvalue weighted by atomic mass is 32.2. The summed E-state index contributed by atoms with van der Waals surface area (Å²) >= 11 is 1.79. The van der Waals surface area contributed by atoms with Gasteiger partial charge in [0.2, 0.25) is 0 Å². The Balaban J connectivity index is 1.53. The van der Waals surface area contributed by atoms with Crippen LogP contribution < -0.4 is 10.2 Å². The first-order valence-electron chi connectivity index (χ1n) is 8.83. The van der Waals surface area contributed by atoms with E-state index in [-0.39, 0.29) is 0 Å². The third-order valence-electron chi connectivity index (χ3n) is 4.60. The molecule has 1 heterocycles. The molecular weight excluding hydrogens is 340 g/mol. The molecule has 3 aromatic rings. The highest BCUT2D eigenvalue weighted by Crippen LogP contribution is 2.47. The molecule has 26 heavy (non-hydrogen) atoms. The van der Waals surface area contributed by atoms with Crippen molar-refractivity contribution >= 4 is 28.8 Å². The summed E-state index contributed by atoms with van der Waals surface area (Å²) in [6, 6.07) is 24.9. The number of β-amino-alcohol motifs (C(OH)–C–C–N with tert-alkyl or cyclic N) is 1. The first kappa shape index (κ1) is 17.0. The number of hydrogen-bond acceptors (Lipinski definition) is 4. The van der Waals surface area contributed by atoms with Crippen LogP contribution in [0.3, 0.4) is 0 Å². The fraction of sp³-hybridized carbons (Fsp3) is 0.182. The Kier molecular flexibility index (Phi) is 4.87. The number of hydrogen-bond donors (Lipinski definition) is 2. The van der Waals surface area contributed by atoms with Gasteiger partial charge in [0.05, 0.1) is 24.0 Å². The second kappa shape index (κ2) is 7.44. The number of anilines is 3. The van der Waals surface area contributed by atoms with Crippen molar-refractivity contribution in [3.05, 3.63) is 78.4 Å². The van der Waals surface area contributed by atoms with E-state index >= 15 is 0 Å². The number of aliphatic hydroxyl groups excluding tert-OH is 1. The van der Waals surface area contributed by atoms with Crippen molar-refractivity contribution in [1.82, 2.24) is 0 Å². The van der Waals surface area contributed by atoms with Crippen LogP contribution in [0.15, 0.2) is 82.6 Å². The van der Waals surface area contributed by atoms with E-state index in [2.05, 4.69) is 71.7 Å². The lowest BCUT2D eigenvalue weighted by molar-refractivity contribution is 0.195. The minimum absolute atomic E-state index is 0.487. The molecule has 3 aromatic carbocycles. The summed E-state index contributed by atoms with van der Waals surface area (Å²) in [6.45, 7) is 3.13. The molecule has 0 aromatic heterocycles. The quantitative estimate of drug-likeness (QED) is 0.664. The Hall–Kier alpha value is -2.43. The van der Waals surface area contributed by atoms with Crippen molar-refractivity contribution in [2.75, 3.05) is 23.3 Å². The Morgan fingerprint density at radius 2 is 1.46 bits per heavy atom. The molecule has 0 spiro atoms. The number of para-hydroxylation sites is 3. The van der Waals surface area contributed by atoms with Gasteiger partial charge in [0.25, 0.3) is 0 Å². The van der Waals surface area contributed by atoms with Gasteiger partial charge >= 0.3 is 0 Å². The van der Waals surface area contributed by atoms with Crippen LogP contribution in [-0.2, 0) is 0 Å². The molecular formula is C22H22N2OS. The lowest BCUT2D eigenvalue weighted by Gasteiger charge is -2.34. The average Bonchev–Trinajstić information content (AvgIpc) is 2.67. The van der Waals surface area contributed by atoms with Crippen LogP contribution in [0.25, 0.3) is 0 Å². The third-order valence-corrected chi connectivity index (χ3v) is 5.73. The minimum atomic E-state index is -0.487. The van der Waals surface area contributed by atoms with E-state index in [1.807, 2.05) is 18.2 Å². The van der Waals surface area contributed by atoms with Crippen LogP contribution >= 0.6 is 11.8 Å². The standard InChI is InChI=1S/C22H22N2OS/c1-16-8-2-3-9-18(16)23-14-17(25)15-24-19-10-4-6-12-21(19)26-22-13-7-5-11-20(22)24/h2-13,17,23,25H,14-15H2,1H3. The van der Waals surface area contributed by atoms with E-state index in [9.17, 15) is 5.11 Å². The first-order chi connectivity index (χ1) is 12.7. The van der Waals surface area contributed by atoms with Gasteiger partial charge < -0.3 is 15.3 Å². The Bertz CT molecular complexity index is 866. The molecule has 3 nitrogen and oxygen atoms in total. The van der Waals surface area contributed by atoms with E-state index in [4.69, 9.17) is 0 Å². The minimum Gasteiger partial charge on any atom is -0.389 e. The number of nitrogens with zero attached hydrogens (tertiary/aromatic N) is 1. The van der Waals surface area contributed by atoms with Crippen molar-refractivity contribution in [3.8, 4) is 0 Å². The van der Waals surface area contributed by atoms with Gasteiger partial charge in [-0.2, -0.15) is 0 Å². The van der Waals surface area contributed by atoms with Crippen LogP contribution in [0.2, 0.25) is 0 Å². The highest BCUT2D eigenvalue weighted by molar-refractivity contribution is 7.99. The fourth-order valence-corrected chi connectivity index (χ4v) is 4.35. The number of aliphatic hydroxyl groups is 1. The average molecular weight is 362 g/mol. The lowest BCUT2D eigenvalue weighted by Crippen LogP contribution is -2.34. The summed E-state index contributed by atoms with van der Waals surface area (Å²) in [5, 5.41) is 14.1. The predicted molar refractivity (Wildman–Crippen MR) is 110 cm³/mol. The molecule has 1 aliphatic heterocycles. The van der Waals surface area contributed by atoms with Gasteiger partial charge in [0, 0.05) is 22.0 Å². The first-order valence-corrected chi connectivity index (χ1v) is 9.65. The summed E-state index contributed by atoms with van der Waals surface area (Å²) in [7, 11) is 0. The van der Waals surface area contributed by atoms with Crippen molar-refractivity contribution in [1.29, 1.82) is 0 Å². The smallest absolute Gasteiger partial charge is 0.0891 e. The molecule has 0 aliphatic carbocycles. The number of fused-ring (bicyclic) bond motifs is 2. The zero-order chi connectivity index (χ0) is 17.9. The number of rotatable bonds is 5. The predicted octanol–water partition coefficient (Wildman–Crippen LogP) is 5.07. The number of benzene rings is 3. The fourth-order valence-electron chi connectivity index (χ4n) is 3.25. The zero-order valence-corrected chi connectivity index (χ0v) is 15.5. The van der Waals surface area contributed by atoms with Gasteiger partial charge in [0.15, 0.2) is 0 Å². The van der Waals surface area contributed by atoms with Crippen LogP contribution in [0.5, 0.6) is 0 Å². The topological polar surface area (TPSA) is 35.5 Å². The van der Waals surface area contributed by atoms with Crippen LogP contribution in [0, 0.1) is 6.92 Å². The van der Waals surface area contributed by atoms with Gasteiger partial charge in [-0.15, -0.1) is 0 Å². The molecule has 132 valence electrons. The SMILES string of the molecule is Cc1ccccc1NCC(O)CN1c2ccccc2Sc2ccccc21. The number of aryl methyl sites for hydroxylation is 1. The van der Waals surface area contributed by atoms with E-state index < -0.39 is 6.10 Å². The molecule has 0 saturated carbocycles.